The summed E-state index contributed by atoms with van der Waals surface area (Å²) in [6.45, 7) is 2.18. The molecule has 2 aromatic rings. The molecule has 2 heterocycles. The van der Waals surface area contributed by atoms with Crippen molar-refractivity contribution in [3.63, 3.8) is 0 Å². The van der Waals surface area contributed by atoms with Crippen molar-refractivity contribution in [1.82, 2.24) is 9.97 Å². The highest BCUT2D eigenvalue weighted by Gasteiger charge is 2.51. The molecule has 3 rings (SSSR count). The van der Waals surface area contributed by atoms with Crippen LogP contribution in [-0.2, 0) is 14.7 Å². The standard InChI is InChI=1S/C17H17F3N5O3P/c1-11(16-15(20)6-21-8-23-16)17(28-29(2,26)27,7-25-10-22-9-24-25)13-4-3-12(18)5-14(13)19/h3-6,8-9,11H,7,10H2,1-2H3/p+1/t11?,17-/m1/s1. The Morgan fingerprint density at radius 1 is 1.34 bits per heavy atom. The number of benzene rings is 1. The number of nitrogens with zero attached hydrogens (tertiary/aromatic N) is 5. The van der Waals surface area contributed by atoms with Gasteiger partial charge in [0, 0.05) is 29.3 Å². The normalized spacial score (nSPS) is 18.8. The Labute approximate surface area is 164 Å². The summed E-state index contributed by atoms with van der Waals surface area (Å²) in [6, 6.07) is 2.69. The number of aromatic nitrogens is 2. The van der Waals surface area contributed by atoms with Gasteiger partial charge in [-0.15, -0.1) is 0 Å². The molecule has 8 nitrogen and oxygen atoms in total. The first-order valence-electron chi connectivity index (χ1n) is 8.48. The maximum absolute atomic E-state index is 14.9. The maximum atomic E-state index is 14.9. The molecular formula is C17H18F3N5O3P+. The number of rotatable bonds is 7. The van der Waals surface area contributed by atoms with Crippen LogP contribution in [0.3, 0.4) is 0 Å². The Kier molecular flexibility index (Phi) is 5.92. The average Bonchev–Trinajstić information content (AvgIpc) is 3.12. The van der Waals surface area contributed by atoms with Gasteiger partial charge in [0.15, 0.2) is 17.8 Å². The number of aliphatic imine (C=N–C) groups is 1. The second-order valence-electron chi connectivity index (χ2n) is 6.61. The zero-order valence-corrected chi connectivity index (χ0v) is 16.4. The SMILES string of the molecule is CC(c1ncncc1F)[C@@](C[N+]1=NC=NC1)(OP(C)(=O)O)c1ccc(F)cc1F. The molecule has 1 aliphatic rings. The summed E-state index contributed by atoms with van der Waals surface area (Å²) in [5.74, 6) is -3.78. The van der Waals surface area contributed by atoms with Crippen LogP contribution in [0.4, 0.5) is 13.2 Å². The molecule has 0 spiro atoms. The van der Waals surface area contributed by atoms with Crippen LogP contribution in [0.25, 0.3) is 0 Å². The summed E-state index contributed by atoms with van der Waals surface area (Å²) in [4.78, 5) is 21.4. The van der Waals surface area contributed by atoms with E-state index in [2.05, 4.69) is 20.1 Å². The number of azo groups is 2. The van der Waals surface area contributed by atoms with Crippen molar-refractivity contribution in [2.45, 2.75) is 18.4 Å². The second-order valence-corrected chi connectivity index (χ2v) is 8.39. The molecule has 1 N–H and O–H groups in total. The van der Waals surface area contributed by atoms with Gasteiger partial charge in [-0.3, -0.25) is 9.09 Å². The lowest BCUT2D eigenvalue weighted by Gasteiger charge is -2.37. The van der Waals surface area contributed by atoms with Crippen LogP contribution >= 0.6 is 7.60 Å². The molecule has 0 amide bonds. The number of hydrogen-bond donors (Lipinski definition) is 1. The quantitative estimate of drug-likeness (QED) is 0.539. The molecule has 2 unspecified atom stereocenters. The van der Waals surface area contributed by atoms with E-state index in [1.165, 1.54) is 18.0 Å². The van der Waals surface area contributed by atoms with Crippen LogP contribution in [0.5, 0.6) is 0 Å². The Bertz CT molecular complexity index is 1030. The van der Waals surface area contributed by atoms with Crippen LogP contribution in [0, 0.1) is 17.5 Å². The lowest BCUT2D eigenvalue weighted by molar-refractivity contribution is -0.596. The van der Waals surface area contributed by atoms with Gasteiger partial charge in [-0.05, 0) is 12.1 Å². The predicted molar refractivity (Wildman–Crippen MR) is 96.2 cm³/mol. The number of hydrogen-bond acceptors (Lipinski definition) is 6. The molecule has 0 bridgehead atoms. The molecule has 3 atom stereocenters. The van der Waals surface area contributed by atoms with Gasteiger partial charge in [-0.2, -0.15) is 4.99 Å². The molecule has 1 aromatic heterocycles. The second kappa shape index (κ2) is 8.10. The molecular weight excluding hydrogens is 410 g/mol. The van der Waals surface area contributed by atoms with Gasteiger partial charge < -0.3 is 4.89 Å². The van der Waals surface area contributed by atoms with E-state index in [4.69, 9.17) is 4.52 Å². The van der Waals surface area contributed by atoms with Crippen LogP contribution in [0.1, 0.15) is 24.1 Å². The van der Waals surface area contributed by atoms with Gasteiger partial charge in [-0.1, -0.05) is 11.6 Å². The molecule has 154 valence electrons. The van der Waals surface area contributed by atoms with Gasteiger partial charge in [0.1, 0.15) is 18.0 Å². The highest BCUT2D eigenvalue weighted by molar-refractivity contribution is 7.51. The third kappa shape index (κ3) is 4.58. The van der Waals surface area contributed by atoms with E-state index in [0.29, 0.717) is 6.07 Å². The summed E-state index contributed by atoms with van der Waals surface area (Å²) in [5.41, 5.74) is -2.37. The third-order valence-electron chi connectivity index (χ3n) is 4.48. The average molecular weight is 428 g/mol. The van der Waals surface area contributed by atoms with Gasteiger partial charge >= 0.3 is 7.60 Å². The fourth-order valence-electron chi connectivity index (χ4n) is 3.25. The van der Waals surface area contributed by atoms with Crippen molar-refractivity contribution in [1.29, 1.82) is 0 Å². The molecule has 0 saturated carbocycles. The molecule has 1 aliphatic heterocycles. The predicted octanol–water partition coefficient (Wildman–Crippen LogP) is 3.19. The largest absolute Gasteiger partial charge is 0.326 e. The van der Waals surface area contributed by atoms with E-state index in [9.17, 15) is 22.6 Å². The van der Waals surface area contributed by atoms with E-state index in [1.54, 1.807) is 0 Å². The van der Waals surface area contributed by atoms with Crippen molar-refractivity contribution < 1.29 is 31.9 Å². The van der Waals surface area contributed by atoms with Crippen molar-refractivity contribution in [2.24, 2.45) is 10.1 Å². The highest BCUT2D eigenvalue weighted by Crippen LogP contribution is 2.52. The van der Waals surface area contributed by atoms with E-state index in [1.807, 2.05) is 0 Å². The molecule has 1 aromatic carbocycles. The smallest absolute Gasteiger partial charge is 0.324 e. The molecule has 29 heavy (non-hydrogen) atoms. The minimum Gasteiger partial charge on any atom is -0.324 e. The first-order chi connectivity index (χ1) is 13.6. The van der Waals surface area contributed by atoms with Gasteiger partial charge in [0.2, 0.25) is 6.54 Å². The Hall–Kier alpha value is -2.49. The van der Waals surface area contributed by atoms with Crippen LogP contribution in [-0.4, -0.2) is 45.8 Å². The van der Waals surface area contributed by atoms with Crippen molar-refractivity contribution in [2.75, 3.05) is 19.9 Å². The first-order valence-corrected chi connectivity index (χ1v) is 10.5. The van der Waals surface area contributed by atoms with E-state index < -0.39 is 36.6 Å². The Morgan fingerprint density at radius 2 is 2.10 bits per heavy atom. The van der Waals surface area contributed by atoms with Crippen molar-refractivity contribution >= 4 is 13.9 Å². The molecule has 0 fully saturated rings. The minimum atomic E-state index is -4.27. The topological polar surface area (TPSA) is 100 Å². The van der Waals surface area contributed by atoms with E-state index in [-0.39, 0.29) is 24.5 Å². The molecule has 0 aliphatic carbocycles. The lowest BCUT2D eigenvalue weighted by atomic mass is 9.79. The highest BCUT2D eigenvalue weighted by atomic mass is 31.2. The summed E-state index contributed by atoms with van der Waals surface area (Å²) in [5, 5.41) is 3.99. The Balaban J connectivity index is 2.25. The minimum absolute atomic E-state index is 0.0757. The molecule has 0 radical (unpaired) electrons. The summed E-state index contributed by atoms with van der Waals surface area (Å²) >= 11 is 0. The van der Waals surface area contributed by atoms with Gasteiger partial charge in [-0.25, -0.2) is 23.1 Å². The first kappa shape index (κ1) is 21.2. The van der Waals surface area contributed by atoms with Gasteiger partial charge in [0.05, 0.1) is 11.9 Å². The zero-order valence-electron chi connectivity index (χ0n) is 15.5. The summed E-state index contributed by atoms with van der Waals surface area (Å²) in [7, 11) is -4.27. The maximum Gasteiger partial charge on any atom is 0.326 e. The van der Waals surface area contributed by atoms with Gasteiger partial charge in [0.25, 0.3) is 6.67 Å². The molecule has 0 saturated heterocycles. The van der Waals surface area contributed by atoms with E-state index in [0.717, 1.165) is 31.3 Å². The van der Waals surface area contributed by atoms with E-state index >= 15 is 0 Å². The van der Waals surface area contributed by atoms with Crippen LogP contribution in [0.2, 0.25) is 0 Å². The summed E-state index contributed by atoms with van der Waals surface area (Å²) in [6.07, 6.45) is 3.26. The van der Waals surface area contributed by atoms with Crippen molar-refractivity contribution in [3.8, 4) is 0 Å². The fourth-order valence-corrected chi connectivity index (χ4v) is 4.17. The third-order valence-corrected chi connectivity index (χ3v) is 5.15. The fraction of sp³-hybridized carbons (Fsp3) is 0.353. The lowest BCUT2D eigenvalue weighted by Crippen LogP contribution is -2.43. The van der Waals surface area contributed by atoms with Crippen LogP contribution in [0.15, 0.2) is 40.8 Å². The van der Waals surface area contributed by atoms with Crippen molar-refractivity contribution in [3.05, 3.63) is 59.4 Å². The zero-order chi connectivity index (χ0) is 21.2. The number of halogens is 3. The monoisotopic (exact) mass is 428 g/mol. The summed E-state index contributed by atoms with van der Waals surface area (Å²) < 4.78 is 62.1. The molecule has 12 heteroatoms. The van der Waals surface area contributed by atoms with Crippen LogP contribution < -0.4 is 0 Å². The Morgan fingerprint density at radius 3 is 2.69 bits per heavy atom.